The van der Waals surface area contributed by atoms with E-state index in [4.69, 9.17) is 32.7 Å². The predicted octanol–water partition coefficient (Wildman–Crippen LogP) is 6.86. The van der Waals surface area contributed by atoms with Crippen molar-refractivity contribution < 1.29 is 14.3 Å². The summed E-state index contributed by atoms with van der Waals surface area (Å²) in [4.78, 5) is 12.6. The number of hydrogen-bond donors (Lipinski definition) is 1. The summed E-state index contributed by atoms with van der Waals surface area (Å²) in [5.74, 6) is 0.477. The first kappa shape index (κ1) is 24.9. The molecule has 172 valence electrons. The lowest BCUT2D eigenvalue weighted by Crippen LogP contribution is -2.13. The van der Waals surface area contributed by atoms with Gasteiger partial charge in [0, 0.05) is 26.9 Å². The zero-order chi connectivity index (χ0) is 24.5. The van der Waals surface area contributed by atoms with E-state index < -0.39 is 5.91 Å². The molecule has 0 spiro atoms. The van der Waals surface area contributed by atoms with Crippen LogP contribution in [0.5, 0.6) is 11.5 Å². The van der Waals surface area contributed by atoms with Crippen molar-refractivity contribution >= 4 is 40.9 Å². The van der Waals surface area contributed by atoms with Crippen molar-refractivity contribution in [1.29, 1.82) is 5.26 Å². The highest BCUT2D eigenvalue weighted by Crippen LogP contribution is 2.35. The highest BCUT2D eigenvalue weighted by Gasteiger charge is 2.15. The fourth-order valence-corrected chi connectivity index (χ4v) is 3.68. The standard InChI is InChI=1S/C27H22Cl2N2O3/c1-3-7-19-12-18(13-21(16-30)27(32)31-23-8-5-4-6-9-23)14-25(33-2)26(19)34-17-20-10-11-22(28)15-24(20)29/h3-6,8-15H,1,7,17H2,2H3,(H,31,32)/b21-13+. The molecule has 3 aromatic carbocycles. The van der Waals surface area contributed by atoms with Gasteiger partial charge in [0.25, 0.3) is 5.91 Å². The summed E-state index contributed by atoms with van der Waals surface area (Å²) in [6, 6.07) is 19.6. The van der Waals surface area contributed by atoms with Gasteiger partial charge < -0.3 is 14.8 Å². The topological polar surface area (TPSA) is 71.4 Å². The van der Waals surface area contributed by atoms with Gasteiger partial charge in [0.15, 0.2) is 11.5 Å². The van der Waals surface area contributed by atoms with Gasteiger partial charge in [0.2, 0.25) is 0 Å². The number of halogens is 2. The van der Waals surface area contributed by atoms with E-state index >= 15 is 0 Å². The van der Waals surface area contributed by atoms with Crippen molar-refractivity contribution in [1.82, 2.24) is 0 Å². The lowest BCUT2D eigenvalue weighted by Gasteiger charge is -2.16. The summed E-state index contributed by atoms with van der Waals surface area (Å²) < 4.78 is 11.6. The Morgan fingerprint density at radius 2 is 1.88 bits per heavy atom. The smallest absolute Gasteiger partial charge is 0.266 e. The molecule has 3 aromatic rings. The van der Waals surface area contributed by atoms with Crippen molar-refractivity contribution in [3.63, 3.8) is 0 Å². The van der Waals surface area contributed by atoms with Crippen LogP contribution in [0, 0.1) is 11.3 Å². The number of anilines is 1. The third kappa shape index (κ3) is 6.41. The number of methoxy groups -OCH3 is 1. The normalized spacial score (nSPS) is 10.8. The van der Waals surface area contributed by atoms with Crippen LogP contribution in [0.4, 0.5) is 5.69 Å². The highest BCUT2D eigenvalue weighted by molar-refractivity contribution is 6.35. The minimum atomic E-state index is -0.504. The van der Waals surface area contributed by atoms with E-state index in [-0.39, 0.29) is 12.2 Å². The number of amides is 1. The molecule has 1 amide bonds. The van der Waals surface area contributed by atoms with Crippen LogP contribution in [0.25, 0.3) is 6.08 Å². The van der Waals surface area contributed by atoms with E-state index in [2.05, 4.69) is 11.9 Å². The first-order valence-corrected chi connectivity index (χ1v) is 11.1. The molecule has 0 atom stereocenters. The van der Waals surface area contributed by atoms with Gasteiger partial charge in [0.05, 0.1) is 7.11 Å². The largest absolute Gasteiger partial charge is 0.493 e. The van der Waals surface area contributed by atoms with Crippen LogP contribution in [-0.4, -0.2) is 13.0 Å². The first-order valence-electron chi connectivity index (χ1n) is 10.3. The van der Waals surface area contributed by atoms with Gasteiger partial charge >= 0.3 is 0 Å². The monoisotopic (exact) mass is 492 g/mol. The van der Waals surface area contributed by atoms with Gasteiger partial charge in [-0.25, -0.2) is 0 Å². The average Bonchev–Trinajstić information content (AvgIpc) is 2.83. The SMILES string of the molecule is C=CCc1cc(/C=C(\C#N)C(=O)Nc2ccccc2)cc(OC)c1OCc1ccc(Cl)cc1Cl. The molecule has 0 saturated heterocycles. The fourth-order valence-electron chi connectivity index (χ4n) is 3.21. The molecular formula is C27H22Cl2N2O3. The number of ether oxygens (including phenoxy) is 2. The number of nitrogens with one attached hydrogen (secondary N) is 1. The van der Waals surface area contributed by atoms with E-state index in [1.807, 2.05) is 18.2 Å². The van der Waals surface area contributed by atoms with Crippen LogP contribution in [0.15, 0.2) is 78.9 Å². The van der Waals surface area contributed by atoms with E-state index in [0.29, 0.717) is 39.2 Å². The van der Waals surface area contributed by atoms with Crippen molar-refractivity contribution in [3.05, 3.63) is 106 Å². The molecule has 0 saturated carbocycles. The Balaban J connectivity index is 1.91. The van der Waals surface area contributed by atoms with Crippen LogP contribution >= 0.6 is 23.2 Å². The Hall–Kier alpha value is -3.72. The van der Waals surface area contributed by atoms with Crippen molar-refractivity contribution in [2.45, 2.75) is 13.0 Å². The zero-order valence-electron chi connectivity index (χ0n) is 18.5. The molecule has 1 N–H and O–H groups in total. The highest BCUT2D eigenvalue weighted by atomic mass is 35.5. The first-order chi connectivity index (χ1) is 16.4. The number of carbonyl (C=O) groups excluding carboxylic acids is 1. The molecule has 0 fully saturated rings. The molecule has 5 nitrogen and oxygen atoms in total. The van der Waals surface area contributed by atoms with Gasteiger partial charge in [-0.05, 0) is 54.5 Å². The summed E-state index contributed by atoms with van der Waals surface area (Å²) in [6.45, 7) is 4.02. The van der Waals surface area contributed by atoms with Gasteiger partial charge in [0.1, 0.15) is 18.2 Å². The predicted molar refractivity (Wildman–Crippen MR) is 136 cm³/mol. The maximum atomic E-state index is 12.6. The number of benzene rings is 3. The molecule has 3 rings (SSSR count). The molecule has 0 unspecified atom stereocenters. The molecular weight excluding hydrogens is 471 g/mol. The third-order valence-corrected chi connectivity index (χ3v) is 5.42. The number of carbonyl (C=O) groups is 1. The number of nitrogens with zero attached hydrogens (tertiary/aromatic N) is 1. The average molecular weight is 493 g/mol. The number of rotatable bonds is 9. The Kier molecular flexibility index (Phi) is 8.75. The van der Waals surface area contributed by atoms with E-state index in [1.165, 1.54) is 13.2 Å². The second-order valence-electron chi connectivity index (χ2n) is 7.22. The Morgan fingerprint density at radius 3 is 2.53 bits per heavy atom. The van der Waals surface area contributed by atoms with Crippen molar-refractivity contribution in [2.24, 2.45) is 0 Å². The number of hydrogen-bond acceptors (Lipinski definition) is 4. The quantitative estimate of drug-likeness (QED) is 0.201. The number of allylic oxidation sites excluding steroid dienone is 1. The van der Waals surface area contributed by atoms with Crippen LogP contribution in [0.2, 0.25) is 10.0 Å². The Labute approximate surface area is 208 Å². The van der Waals surface area contributed by atoms with Crippen molar-refractivity contribution in [3.8, 4) is 17.6 Å². The van der Waals surface area contributed by atoms with E-state index in [0.717, 1.165) is 11.1 Å². The second kappa shape index (κ2) is 11.9. The molecule has 0 aromatic heterocycles. The van der Waals surface area contributed by atoms with Crippen LogP contribution in [-0.2, 0) is 17.8 Å². The Morgan fingerprint density at radius 1 is 1.12 bits per heavy atom. The Bertz CT molecular complexity index is 1260. The lowest BCUT2D eigenvalue weighted by molar-refractivity contribution is -0.112. The third-order valence-electron chi connectivity index (χ3n) is 4.83. The van der Waals surface area contributed by atoms with Gasteiger partial charge in [-0.3, -0.25) is 4.79 Å². The summed E-state index contributed by atoms with van der Waals surface area (Å²) >= 11 is 12.2. The molecule has 0 bridgehead atoms. The van der Waals surface area contributed by atoms with Crippen LogP contribution in [0.1, 0.15) is 16.7 Å². The van der Waals surface area contributed by atoms with Crippen molar-refractivity contribution in [2.75, 3.05) is 12.4 Å². The molecule has 7 heteroatoms. The lowest BCUT2D eigenvalue weighted by atomic mass is 10.0. The summed E-state index contributed by atoms with van der Waals surface area (Å²) in [6.07, 6.45) is 3.73. The minimum absolute atomic E-state index is 0.0444. The molecule has 0 aliphatic heterocycles. The van der Waals surface area contributed by atoms with E-state index in [9.17, 15) is 10.1 Å². The van der Waals surface area contributed by atoms with Gasteiger partial charge in [-0.1, -0.05) is 53.5 Å². The van der Waals surface area contributed by atoms with E-state index in [1.54, 1.807) is 54.6 Å². The van der Waals surface area contributed by atoms with Gasteiger partial charge in [-0.2, -0.15) is 5.26 Å². The summed E-state index contributed by atoms with van der Waals surface area (Å²) in [7, 11) is 1.52. The molecule has 0 radical (unpaired) electrons. The van der Waals surface area contributed by atoms with Crippen LogP contribution in [0.3, 0.4) is 0 Å². The molecule has 0 aliphatic carbocycles. The zero-order valence-corrected chi connectivity index (χ0v) is 20.0. The fraction of sp³-hybridized carbons (Fsp3) is 0.111. The molecule has 34 heavy (non-hydrogen) atoms. The van der Waals surface area contributed by atoms with Crippen LogP contribution < -0.4 is 14.8 Å². The second-order valence-corrected chi connectivity index (χ2v) is 8.06. The number of nitriles is 1. The molecule has 0 aliphatic rings. The molecule has 0 heterocycles. The summed E-state index contributed by atoms with van der Waals surface area (Å²) in [5, 5.41) is 13.3. The maximum Gasteiger partial charge on any atom is 0.266 e. The number of para-hydroxylation sites is 1. The summed E-state index contributed by atoms with van der Waals surface area (Å²) in [5.41, 5.74) is 2.73. The maximum absolute atomic E-state index is 12.6. The van der Waals surface area contributed by atoms with Gasteiger partial charge in [-0.15, -0.1) is 6.58 Å². The minimum Gasteiger partial charge on any atom is -0.493 e.